The van der Waals surface area contributed by atoms with Crippen molar-refractivity contribution >= 4 is 21.8 Å². The number of nitrogens with zero attached hydrogens (tertiary/aromatic N) is 4. The molecule has 2 aromatic heterocycles. The smallest absolute Gasteiger partial charge is 0.348 e. The van der Waals surface area contributed by atoms with Gasteiger partial charge in [0.05, 0.1) is 63.9 Å². The number of hydrogen-bond donors (Lipinski definition) is 0. The lowest BCUT2D eigenvalue weighted by molar-refractivity contribution is 0.355. The van der Waals surface area contributed by atoms with Crippen molar-refractivity contribution in [3.05, 3.63) is 176 Å². The van der Waals surface area contributed by atoms with Gasteiger partial charge in [-0.3, -0.25) is 9.13 Å². The molecule has 2 heterocycles. The van der Waals surface area contributed by atoms with Crippen LogP contribution in [0.15, 0.2) is 131 Å². The standard InChI is InChI=1S/2C26H25FN2O3/c1-16(2)18-7-9-19(10-8-18)25-21-13-23(31-3)24(32-4)14-22(21)29(26(30)28-25)15-17-5-11-20(27)12-6-17;1-16(2)17-9-11-18(12-10-17)25-20-13-23(31-3)24(32-4)14-22(20)29(26(30)28-25)15-19-7-5-6-8-21(19)27/h2*5-14,16H,15H2,1-4H3. The van der Waals surface area contributed by atoms with Crippen LogP contribution in [0.4, 0.5) is 8.78 Å². The van der Waals surface area contributed by atoms with Crippen molar-refractivity contribution in [3.63, 3.8) is 0 Å². The Labute approximate surface area is 370 Å². The van der Waals surface area contributed by atoms with E-state index >= 15 is 0 Å². The van der Waals surface area contributed by atoms with Crippen LogP contribution in [0.5, 0.6) is 23.0 Å². The Morgan fingerprint density at radius 3 is 1.33 bits per heavy atom. The van der Waals surface area contributed by atoms with E-state index in [0.29, 0.717) is 62.8 Å². The highest BCUT2D eigenvalue weighted by molar-refractivity contribution is 5.96. The Balaban J connectivity index is 0.000000191. The zero-order valence-electron chi connectivity index (χ0n) is 37.1. The third-order valence-electron chi connectivity index (χ3n) is 11.2. The molecule has 0 aliphatic carbocycles. The summed E-state index contributed by atoms with van der Waals surface area (Å²) >= 11 is 0. The molecule has 0 amide bonds. The molecule has 8 aromatic rings. The molecule has 0 bridgehead atoms. The summed E-state index contributed by atoms with van der Waals surface area (Å²) in [4.78, 5) is 35.1. The van der Waals surface area contributed by atoms with Crippen molar-refractivity contribution in [2.24, 2.45) is 0 Å². The maximum Gasteiger partial charge on any atom is 0.348 e. The lowest BCUT2D eigenvalue weighted by atomic mass is 9.99. The molecular formula is C52H50F2N4O6. The summed E-state index contributed by atoms with van der Waals surface area (Å²) in [7, 11) is 6.22. The van der Waals surface area contributed by atoms with Crippen LogP contribution in [0, 0.1) is 11.6 Å². The minimum Gasteiger partial charge on any atom is -0.493 e. The van der Waals surface area contributed by atoms with Gasteiger partial charge < -0.3 is 18.9 Å². The highest BCUT2D eigenvalue weighted by Crippen LogP contribution is 2.38. The Bertz CT molecular complexity index is 3050. The molecule has 0 aliphatic rings. The van der Waals surface area contributed by atoms with Gasteiger partial charge in [0.15, 0.2) is 23.0 Å². The molecule has 6 aromatic carbocycles. The van der Waals surface area contributed by atoms with E-state index in [9.17, 15) is 18.4 Å². The van der Waals surface area contributed by atoms with Gasteiger partial charge in [0.2, 0.25) is 0 Å². The van der Waals surface area contributed by atoms with Gasteiger partial charge in [-0.1, -0.05) is 107 Å². The first-order valence-corrected chi connectivity index (χ1v) is 20.9. The lowest BCUT2D eigenvalue weighted by Crippen LogP contribution is -2.25. The predicted octanol–water partition coefficient (Wildman–Crippen LogP) is 10.8. The Morgan fingerprint density at radius 1 is 0.516 bits per heavy atom. The molecule has 10 nitrogen and oxygen atoms in total. The molecule has 0 radical (unpaired) electrons. The van der Waals surface area contributed by atoms with Crippen molar-refractivity contribution in [1.82, 2.24) is 19.1 Å². The van der Waals surface area contributed by atoms with Crippen LogP contribution in [0.2, 0.25) is 0 Å². The van der Waals surface area contributed by atoms with Crippen LogP contribution in [-0.4, -0.2) is 47.5 Å². The topological polar surface area (TPSA) is 107 Å². The molecule has 0 fully saturated rings. The van der Waals surface area contributed by atoms with Crippen molar-refractivity contribution in [2.75, 3.05) is 28.4 Å². The molecule has 64 heavy (non-hydrogen) atoms. The molecule has 328 valence electrons. The second-order valence-corrected chi connectivity index (χ2v) is 15.9. The lowest BCUT2D eigenvalue weighted by Gasteiger charge is -2.16. The fourth-order valence-electron chi connectivity index (χ4n) is 7.57. The molecule has 0 aliphatic heterocycles. The summed E-state index contributed by atoms with van der Waals surface area (Å²) in [6, 6.07) is 35.7. The molecule has 8 rings (SSSR count). The summed E-state index contributed by atoms with van der Waals surface area (Å²) in [6.07, 6.45) is 0. The van der Waals surface area contributed by atoms with Crippen LogP contribution in [-0.2, 0) is 13.1 Å². The molecular weight excluding hydrogens is 815 g/mol. The van der Waals surface area contributed by atoms with Gasteiger partial charge in [0.25, 0.3) is 0 Å². The van der Waals surface area contributed by atoms with Gasteiger partial charge in [-0.05, 0) is 58.9 Å². The normalized spacial score (nSPS) is 11.2. The third-order valence-corrected chi connectivity index (χ3v) is 11.2. The number of rotatable bonds is 12. The molecule has 12 heteroatoms. The first-order valence-electron chi connectivity index (χ1n) is 20.9. The molecule has 0 saturated carbocycles. The molecule has 0 unspecified atom stereocenters. The highest BCUT2D eigenvalue weighted by atomic mass is 19.1. The average molecular weight is 865 g/mol. The van der Waals surface area contributed by atoms with Gasteiger partial charge in [0, 0.05) is 39.6 Å². The largest absolute Gasteiger partial charge is 0.493 e. The maximum atomic E-state index is 14.3. The summed E-state index contributed by atoms with van der Waals surface area (Å²) in [5.41, 5.74) is 6.80. The number of aromatic nitrogens is 4. The Morgan fingerprint density at radius 2 is 0.922 bits per heavy atom. The van der Waals surface area contributed by atoms with Gasteiger partial charge in [-0.15, -0.1) is 0 Å². The van der Waals surface area contributed by atoms with Crippen molar-refractivity contribution < 1.29 is 27.7 Å². The van der Waals surface area contributed by atoms with Crippen LogP contribution in [0.1, 0.15) is 61.8 Å². The van der Waals surface area contributed by atoms with E-state index in [1.807, 2.05) is 48.5 Å². The van der Waals surface area contributed by atoms with Gasteiger partial charge in [-0.2, -0.15) is 9.97 Å². The van der Waals surface area contributed by atoms with E-state index in [0.717, 1.165) is 27.5 Å². The molecule has 0 atom stereocenters. The van der Waals surface area contributed by atoms with Crippen LogP contribution in [0.3, 0.4) is 0 Å². The molecule has 0 saturated heterocycles. The maximum absolute atomic E-state index is 14.3. The minimum absolute atomic E-state index is 0.0526. The fraction of sp³-hybridized carbons (Fsp3) is 0.231. The van der Waals surface area contributed by atoms with E-state index in [2.05, 4.69) is 49.8 Å². The number of benzene rings is 6. The second-order valence-electron chi connectivity index (χ2n) is 15.9. The molecule has 0 N–H and O–H groups in total. The number of fused-ring (bicyclic) bond motifs is 2. The van der Waals surface area contributed by atoms with Crippen LogP contribution >= 0.6 is 0 Å². The number of ether oxygens (including phenoxy) is 4. The summed E-state index contributed by atoms with van der Waals surface area (Å²) in [5, 5.41) is 1.48. The Kier molecular flexibility index (Phi) is 13.5. The second kappa shape index (κ2) is 19.4. The number of hydrogen-bond acceptors (Lipinski definition) is 8. The monoisotopic (exact) mass is 864 g/mol. The summed E-state index contributed by atoms with van der Waals surface area (Å²) in [5.74, 6) is 2.17. The summed E-state index contributed by atoms with van der Waals surface area (Å²) < 4.78 is 52.7. The average Bonchev–Trinajstić information content (AvgIpc) is 3.31. The zero-order valence-corrected chi connectivity index (χ0v) is 37.1. The van der Waals surface area contributed by atoms with E-state index in [4.69, 9.17) is 18.9 Å². The number of methoxy groups -OCH3 is 4. The van der Waals surface area contributed by atoms with E-state index in [1.54, 1.807) is 68.4 Å². The van der Waals surface area contributed by atoms with Crippen molar-refractivity contribution in [3.8, 4) is 45.5 Å². The quantitative estimate of drug-likeness (QED) is 0.120. The number of halogens is 2. The van der Waals surface area contributed by atoms with Gasteiger partial charge in [0.1, 0.15) is 11.6 Å². The van der Waals surface area contributed by atoms with Gasteiger partial charge in [-0.25, -0.2) is 18.4 Å². The van der Waals surface area contributed by atoms with E-state index in [-0.39, 0.29) is 24.7 Å². The first kappa shape index (κ1) is 44.7. The van der Waals surface area contributed by atoms with E-state index < -0.39 is 11.4 Å². The minimum atomic E-state index is -0.462. The SMILES string of the molecule is COc1cc2c(-c3ccc(C(C)C)cc3)nc(=O)n(Cc3ccc(F)cc3)c2cc1OC.COc1cc2c(-c3ccc(C(C)C)cc3)nc(=O)n(Cc3ccccc3F)c2cc1OC. The van der Waals surface area contributed by atoms with Crippen LogP contribution in [0.25, 0.3) is 44.3 Å². The first-order chi connectivity index (χ1) is 30.8. The predicted molar refractivity (Wildman–Crippen MR) is 248 cm³/mol. The molecule has 0 spiro atoms. The summed E-state index contributed by atoms with van der Waals surface area (Å²) in [6.45, 7) is 8.84. The van der Waals surface area contributed by atoms with Crippen molar-refractivity contribution in [2.45, 2.75) is 52.6 Å². The zero-order chi connectivity index (χ0) is 45.7. The third kappa shape index (κ3) is 9.36. The van der Waals surface area contributed by atoms with E-state index in [1.165, 1.54) is 41.0 Å². The van der Waals surface area contributed by atoms with Gasteiger partial charge >= 0.3 is 11.4 Å². The van der Waals surface area contributed by atoms with Crippen molar-refractivity contribution in [1.29, 1.82) is 0 Å². The van der Waals surface area contributed by atoms with Crippen LogP contribution < -0.4 is 30.3 Å². The highest BCUT2D eigenvalue weighted by Gasteiger charge is 2.20. The fourth-order valence-corrected chi connectivity index (χ4v) is 7.57. The Hall–Kier alpha value is -7.34.